The minimum absolute atomic E-state index is 0. The van der Waals surface area contributed by atoms with Crippen LogP contribution in [0.4, 0.5) is 0 Å². The molecule has 1 aromatic rings. The Morgan fingerprint density at radius 1 is 1.22 bits per heavy atom. The third-order valence-electron chi connectivity index (χ3n) is 6.20. The van der Waals surface area contributed by atoms with E-state index in [1.54, 1.807) is 11.0 Å². The van der Waals surface area contributed by atoms with Crippen LogP contribution in [-0.4, -0.2) is 79.9 Å². The fourth-order valence-corrected chi connectivity index (χ4v) is 5.87. The molecule has 0 saturated carbocycles. The number of halogens is 1. The molecule has 32 heavy (non-hydrogen) atoms. The lowest BCUT2D eigenvalue weighted by molar-refractivity contribution is -0.131. The van der Waals surface area contributed by atoms with Gasteiger partial charge in [-0.2, -0.15) is 0 Å². The van der Waals surface area contributed by atoms with E-state index in [4.69, 9.17) is 0 Å². The average Bonchev–Trinajstić information content (AvgIpc) is 3.20. The van der Waals surface area contributed by atoms with Crippen molar-refractivity contribution >= 4 is 40.3 Å². The Bertz CT molecular complexity index is 960. The minimum Gasteiger partial charge on any atom is -0.333 e. The van der Waals surface area contributed by atoms with Gasteiger partial charge in [-0.15, -0.1) is 12.4 Å². The molecular weight excluding hydrogens is 450 g/mol. The quantitative estimate of drug-likeness (QED) is 0.556. The zero-order valence-corrected chi connectivity index (χ0v) is 21.0. The van der Waals surface area contributed by atoms with Gasteiger partial charge in [0.1, 0.15) is 0 Å². The third-order valence-corrected chi connectivity index (χ3v) is 7.36. The average molecular weight is 484 g/mol. The number of likely N-dealkylation sites (N-methyl/N-ethyl adjacent to an activating group) is 1. The second kappa shape index (κ2) is 10.4. The zero-order valence-electron chi connectivity index (χ0n) is 19.4. The predicted octanol–water partition coefficient (Wildman–Crippen LogP) is 2.27. The molecule has 1 aromatic carbocycles. The van der Waals surface area contributed by atoms with Crippen molar-refractivity contribution in [2.75, 3.05) is 33.4 Å². The highest BCUT2D eigenvalue weighted by atomic mass is 35.5. The molecule has 2 fully saturated rings. The van der Waals surface area contributed by atoms with Gasteiger partial charge >= 0.3 is 0 Å². The number of amides is 2. The zero-order chi connectivity index (χ0) is 22.9. The summed E-state index contributed by atoms with van der Waals surface area (Å²) in [6.07, 6.45) is 5.82. The highest BCUT2D eigenvalue weighted by Crippen LogP contribution is 2.41. The van der Waals surface area contributed by atoms with Crippen LogP contribution >= 0.6 is 12.4 Å². The Balaban J connectivity index is 0.00000363. The topological polar surface area (TPSA) is 78.0 Å². The molecule has 0 radical (unpaired) electrons. The maximum Gasteiger partial charge on any atom is 0.246 e. The Kier molecular flexibility index (Phi) is 8.53. The van der Waals surface area contributed by atoms with Crippen molar-refractivity contribution in [3.05, 3.63) is 41.5 Å². The molecule has 7 nitrogen and oxygen atoms in total. The van der Waals surface area contributed by atoms with Gasteiger partial charge in [0.05, 0.1) is 24.3 Å². The van der Waals surface area contributed by atoms with Gasteiger partial charge in [0.15, 0.2) is 0 Å². The Labute approximate surface area is 197 Å². The van der Waals surface area contributed by atoms with Crippen LogP contribution in [0.3, 0.4) is 0 Å². The van der Waals surface area contributed by atoms with Crippen molar-refractivity contribution in [3.8, 4) is 0 Å². The van der Waals surface area contributed by atoms with Gasteiger partial charge in [0, 0.05) is 19.2 Å². The number of fused-ring (bicyclic) bond motifs is 1. The van der Waals surface area contributed by atoms with Crippen molar-refractivity contribution in [2.24, 2.45) is 11.8 Å². The fraction of sp³-hybridized carbons (Fsp3) is 0.565. The molecule has 2 saturated heterocycles. The van der Waals surface area contributed by atoms with E-state index >= 15 is 0 Å². The number of nitrogens with zero attached hydrogens (tertiary/aromatic N) is 3. The van der Waals surface area contributed by atoms with Crippen LogP contribution in [0.2, 0.25) is 0 Å². The summed E-state index contributed by atoms with van der Waals surface area (Å²) in [6, 6.07) is 7.23. The van der Waals surface area contributed by atoms with Gasteiger partial charge in [-0.1, -0.05) is 38.1 Å². The largest absolute Gasteiger partial charge is 0.333 e. The van der Waals surface area contributed by atoms with Crippen LogP contribution in [-0.2, 0) is 26.0 Å². The summed E-state index contributed by atoms with van der Waals surface area (Å²) in [5, 5.41) is 0. The van der Waals surface area contributed by atoms with E-state index in [0.717, 1.165) is 29.1 Å². The second-order valence-electron chi connectivity index (χ2n) is 9.17. The van der Waals surface area contributed by atoms with Gasteiger partial charge in [0.2, 0.25) is 21.8 Å². The maximum absolute atomic E-state index is 13.0. The summed E-state index contributed by atoms with van der Waals surface area (Å²) in [5.74, 6) is -1.13. The third kappa shape index (κ3) is 5.53. The van der Waals surface area contributed by atoms with Crippen LogP contribution < -0.4 is 0 Å². The molecule has 3 rings (SSSR count). The molecule has 9 heteroatoms. The molecule has 0 aliphatic carbocycles. The van der Waals surface area contributed by atoms with Crippen LogP contribution in [0.1, 0.15) is 31.4 Å². The van der Waals surface area contributed by atoms with E-state index in [2.05, 4.69) is 17.0 Å². The van der Waals surface area contributed by atoms with Gasteiger partial charge in [-0.05, 0) is 50.1 Å². The Morgan fingerprint density at radius 3 is 2.38 bits per heavy atom. The number of likely N-dealkylation sites (tertiary alicyclic amines) is 1. The summed E-state index contributed by atoms with van der Waals surface area (Å²) in [7, 11) is 0.422. The van der Waals surface area contributed by atoms with E-state index in [0.29, 0.717) is 13.0 Å². The first kappa shape index (κ1) is 26.4. The number of carbonyl (C=O) groups excluding carboxylic acids is 2. The monoisotopic (exact) mass is 483 g/mol. The molecule has 0 unspecified atom stereocenters. The summed E-state index contributed by atoms with van der Waals surface area (Å²) in [4.78, 5) is 29.7. The fourth-order valence-electron chi connectivity index (χ4n) is 4.70. The molecule has 178 valence electrons. The van der Waals surface area contributed by atoms with Crippen LogP contribution in [0.25, 0.3) is 6.08 Å². The van der Waals surface area contributed by atoms with Crippen molar-refractivity contribution in [2.45, 2.75) is 38.8 Å². The molecule has 2 aliphatic rings. The molecule has 0 aromatic heterocycles. The van der Waals surface area contributed by atoms with Crippen molar-refractivity contribution in [1.82, 2.24) is 14.1 Å². The van der Waals surface area contributed by atoms with Gasteiger partial charge in [-0.25, -0.2) is 12.7 Å². The molecule has 3 atom stereocenters. The first-order valence-electron chi connectivity index (χ1n) is 10.8. The minimum atomic E-state index is -3.67. The van der Waals surface area contributed by atoms with Crippen LogP contribution in [0.5, 0.6) is 0 Å². The summed E-state index contributed by atoms with van der Waals surface area (Å²) < 4.78 is 25.5. The number of sulfonamides is 1. The van der Waals surface area contributed by atoms with Crippen molar-refractivity contribution in [3.63, 3.8) is 0 Å². The van der Waals surface area contributed by atoms with E-state index in [1.165, 1.54) is 11.6 Å². The second-order valence-corrected chi connectivity index (χ2v) is 11.0. The SMILES string of the molecule is CC(C)[C@H]1C(=O)N(S(C)(=O)=O)[C@H]2CCN(C(=O)/C=C/c3ccc(CCN(C)C)cc3)[C@H]12.Cl. The summed E-state index contributed by atoms with van der Waals surface area (Å²) in [6.45, 7) is 5.23. The Hall–Kier alpha value is -1.90. The number of hydrogen-bond acceptors (Lipinski definition) is 5. The van der Waals surface area contributed by atoms with E-state index in [9.17, 15) is 18.0 Å². The predicted molar refractivity (Wildman–Crippen MR) is 129 cm³/mol. The lowest BCUT2D eigenvalue weighted by atomic mass is 9.88. The van der Waals surface area contributed by atoms with E-state index in [1.807, 2.05) is 40.1 Å². The molecule has 2 amide bonds. The van der Waals surface area contributed by atoms with E-state index < -0.39 is 28.0 Å². The molecule has 0 N–H and O–H groups in total. The molecule has 2 heterocycles. The summed E-state index contributed by atoms with van der Waals surface area (Å²) >= 11 is 0. The standard InChI is InChI=1S/C23H33N3O4S.ClH/c1-16(2)21-22-19(26(23(21)28)31(5,29)30)13-15-25(22)20(27)11-10-17-6-8-18(9-7-17)12-14-24(3)4;/h6-11,16,19,21-22H,12-15H2,1-5H3;1H/b11-10+;/t19-,21+,22-;/m0./s1. The van der Waals surface area contributed by atoms with Gasteiger partial charge in [-0.3, -0.25) is 9.59 Å². The lowest BCUT2D eigenvalue weighted by Gasteiger charge is -2.28. The maximum atomic E-state index is 13.0. The van der Waals surface area contributed by atoms with Gasteiger partial charge in [0.25, 0.3) is 0 Å². The first-order valence-corrected chi connectivity index (χ1v) is 12.6. The van der Waals surface area contributed by atoms with Crippen LogP contribution in [0.15, 0.2) is 30.3 Å². The highest BCUT2D eigenvalue weighted by molar-refractivity contribution is 7.88. The molecular formula is C23H34ClN3O4S. The first-order chi connectivity index (χ1) is 14.5. The summed E-state index contributed by atoms with van der Waals surface area (Å²) in [5.41, 5.74) is 2.17. The number of carbonyl (C=O) groups is 2. The normalized spacial score (nSPS) is 23.3. The smallest absolute Gasteiger partial charge is 0.246 e. The lowest BCUT2D eigenvalue weighted by Crippen LogP contribution is -2.43. The van der Waals surface area contributed by atoms with Crippen molar-refractivity contribution in [1.29, 1.82) is 0 Å². The van der Waals surface area contributed by atoms with E-state index in [-0.39, 0.29) is 30.1 Å². The van der Waals surface area contributed by atoms with Crippen LogP contribution in [0, 0.1) is 11.8 Å². The number of benzene rings is 1. The number of hydrogen-bond donors (Lipinski definition) is 0. The Morgan fingerprint density at radius 2 is 1.84 bits per heavy atom. The molecule has 0 spiro atoms. The van der Waals surface area contributed by atoms with Gasteiger partial charge < -0.3 is 9.80 Å². The highest BCUT2D eigenvalue weighted by Gasteiger charge is 2.58. The van der Waals surface area contributed by atoms with Crippen molar-refractivity contribution < 1.29 is 18.0 Å². The number of rotatable bonds is 7. The molecule has 2 aliphatic heterocycles. The molecule has 0 bridgehead atoms.